The van der Waals surface area contributed by atoms with Gasteiger partial charge in [0.1, 0.15) is 11.5 Å². The number of hydrazone groups is 2. The number of amides is 1. The molecule has 2 aliphatic rings. The van der Waals surface area contributed by atoms with Crippen molar-refractivity contribution in [2.45, 2.75) is 6.42 Å². The molecule has 0 radical (unpaired) electrons. The summed E-state index contributed by atoms with van der Waals surface area (Å²) in [5.74, 6) is 1.50. The maximum atomic E-state index is 12.6. The minimum Gasteiger partial charge on any atom is -0.493 e. The van der Waals surface area contributed by atoms with Gasteiger partial charge in [-0.25, -0.2) is 5.43 Å². The summed E-state index contributed by atoms with van der Waals surface area (Å²) in [6.07, 6.45) is 0.926. The van der Waals surface area contributed by atoms with Gasteiger partial charge in [0.15, 0.2) is 17.2 Å². The molecule has 0 aliphatic carbocycles. The third-order valence-corrected chi connectivity index (χ3v) is 6.71. The van der Waals surface area contributed by atoms with Crippen LogP contribution in [-0.4, -0.2) is 75.9 Å². The molecule has 40 heavy (non-hydrogen) atoms. The van der Waals surface area contributed by atoms with Crippen molar-refractivity contribution in [1.82, 2.24) is 10.3 Å². The van der Waals surface area contributed by atoms with E-state index in [1.165, 1.54) is 0 Å². The van der Waals surface area contributed by atoms with E-state index in [0.29, 0.717) is 35.1 Å². The van der Waals surface area contributed by atoms with Crippen LogP contribution in [0.1, 0.15) is 12.0 Å². The molecular weight excluding hydrogens is 510 g/mol. The molecule has 3 aromatic rings. The SMILES string of the molecule is COc1ccc(C2=NNC(=O)/C2=N\Nc2ccc(OCCCN3CCOCC3)c(-c3ccccc3)c2)cc1OC. The number of methoxy groups -OCH3 is 2. The van der Waals surface area contributed by atoms with E-state index in [0.717, 1.165) is 56.1 Å². The molecule has 0 unspecified atom stereocenters. The lowest BCUT2D eigenvalue weighted by Crippen LogP contribution is -2.37. The van der Waals surface area contributed by atoms with Crippen LogP contribution in [0.15, 0.2) is 76.9 Å². The van der Waals surface area contributed by atoms with E-state index < -0.39 is 5.91 Å². The fourth-order valence-corrected chi connectivity index (χ4v) is 4.59. The first kappa shape index (κ1) is 27.2. The Labute approximate surface area is 233 Å². The molecule has 208 valence electrons. The van der Waals surface area contributed by atoms with Gasteiger partial charge in [-0.3, -0.25) is 15.1 Å². The number of carbonyl (C=O) groups excluding carboxylic acids is 1. The first-order valence-corrected chi connectivity index (χ1v) is 13.2. The van der Waals surface area contributed by atoms with E-state index in [9.17, 15) is 4.79 Å². The second-order valence-electron chi connectivity index (χ2n) is 9.28. The lowest BCUT2D eigenvalue weighted by Gasteiger charge is -2.26. The van der Waals surface area contributed by atoms with Gasteiger partial charge in [0, 0.05) is 30.8 Å². The van der Waals surface area contributed by atoms with E-state index in [1.54, 1.807) is 32.4 Å². The molecule has 5 rings (SSSR count). The highest BCUT2D eigenvalue weighted by Crippen LogP contribution is 2.33. The quantitative estimate of drug-likeness (QED) is 0.280. The van der Waals surface area contributed by atoms with E-state index >= 15 is 0 Å². The third-order valence-electron chi connectivity index (χ3n) is 6.71. The average Bonchev–Trinajstić information content (AvgIpc) is 3.39. The summed E-state index contributed by atoms with van der Waals surface area (Å²) < 4.78 is 22.4. The zero-order valence-corrected chi connectivity index (χ0v) is 22.7. The molecule has 1 fully saturated rings. The Hall–Kier alpha value is -4.41. The smallest absolute Gasteiger partial charge is 0.294 e. The molecule has 0 bridgehead atoms. The van der Waals surface area contributed by atoms with Crippen molar-refractivity contribution in [3.8, 4) is 28.4 Å². The van der Waals surface area contributed by atoms with Gasteiger partial charge in [-0.1, -0.05) is 30.3 Å². The lowest BCUT2D eigenvalue weighted by molar-refractivity contribution is -0.114. The van der Waals surface area contributed by atoms with Gasteiger partial charge in [0.25, 0.3) is 5.91 Å². The predicted molar refractivity (Wildman–Crippen MR) is 155 cm³/mol. The summed E-state index contributed by atoms with van der Waals surface area (Å²) in [5.41, 5.74) is 9.42. The molecule has 1 saturated heterocycles. The van der Waals surface area contributed by atoms with Gasteiger partial charge in [-0.05, 0) is 48.4 Å². The van der Waals surface area contributed by atoms with Crippen molar-refractivity contribution >= 4 is 23.0 Å². The van der Waals surface area contributed by atoms with Crippen molar-refractivity contribution in [3.05, 3.63) is 72.3 Å². The number of nitrogens with one attached hydrogen (secondary N) is 2. The van der Waals surface area contributed by atoms with Crippen LogP contribution < -0.4 is 25.1 Å². The number of benzene rings is 3. The standard InChI is InChI=1S/C30H33N5O5/c1-37-26-11-9-22(19-27(26)38-2)28-29(30(36)34-32-28)33-31-23-10-12-25(24(20-23)21-7-4-3-5-8-21)40-16-6-13-35-14-17-39-18-15-35/h3-5,7-12,19-20,31H,6,13-18H2,1-2H3,(H,33,34,36). The second-order valence-corrected chi connectivity index (χ2v) is 9.28. The number of hydrogen-bond acceptors (Lipinski definition) is 9. The molecule has 3 aromatic carbocycles. The Morgan fingerprint density at radius 1 is 0.950 bits per heavy atom. The Morgan fingerprint density at radius 3 is 2.50 bits per heavy atom. The van der Waals surface area contributed by atoms with Crippen molar-refractivity contribution in [2.75, 3.05) is 59.1 Å². The minimum absolute atomic E-state index is 0.164. The predicted octanol–water partition coefficient (Wildman–Crippen LogP) is 3.77. The van der Waals surface area contributed by atoms with Gasteiger partial charge < -0.3 is 18.9 Å². The molecule has 10 heteroatoms. The molecular formula is C30H33N5O5. The van der Waals surface area contributed by atoms with E-state index in [-0.39, 0.29) is 5.71 Å². The zero-order valence-electron chi connectivity index (χ0n) is 22.7. The molecule has 0 saturated carbocycles. The molecule has 1 amide bonds. The topological polar surface area (TPSA) is 106 Å². The van der Waals surface area contributed by atoms with Crippen LogP contribution in [0.4, 0.5) is 5.69 Å². The van der Waals surface area contributed by atoms with Crippen LogP contribution in [-0.2, 0) is 9.53 Å². The second kappa shape index (κ2) is 13.1. The van der Waals surface area contributed by atoms with Crippen LogP contribution in [0.5, 0.6) is 17.2 Å². The van der Waals surface area contributed by atoms with Gasteiger partial charge >= 0.3 is 0 Å². The van der Waals surface area contributed by atoms with Gasteiger partial charge in [-0.2, -0.15) is 10.2 Å². The molecule has 2 aliphatic heterocycles. The molecule has 2 N–H and O–H groups in total. The Kier molecular flexibility index (Phi) is 8.89. The summed E-state index contributed by atoms with van der Waals surface area (Å²) in [5, 5.41) is 8.60. The number of anilines is 1. The van der Waals surface area contributed by atoms with Crippen LogP contribution in [0.25, 0.3) is 11.1 Å². The van der Waals surface area contributed by atoms with Gasteiger partial charge in [0.05, 0.1) is 39.7 Å². The largest absolute Gasteiger partial charge is 0.493 e. The normalized spacial score (nSPS) is 16.4. The molecule has 2 heterocycles. The number of nitrogens with zero attached hydrogens (tertiary/aromatic N) is 3. The van der Waals surface area contributed by atoms with Crippen LogP contribution in [0, 0.1) is 0 Å². The van der Waals surface area contributed by atoms with Gasteiger partial charge in [-0.15, -0.1) is 0 Å². The summed E-state index contributed by atoms with van der Waals surface area (Å²) in [6.45, 7) is 5.11. The number of morpholine rings is 1. The molecule has 0 atom stereocenters. The van der Waals surface area contributed by atoms with E-state index in [1.807, 2.05) is 48.5 Å². The number of carbonyl (C=O) groups is 1. The highest BCUT2D eigenvalue weighted by Gasteiger charge is 2.27. The molecule has 0 spiro atoms. The van der Waals surface area contributed by atoms with Crippen LogP contribution >= 0.6 is 0 Å². The van der Waals surface area contributed by atoms with Crippen molar-refractivity contribution in [1.29, 1.82) is 0 Å². The first-order chi connectivity index (χ1) is 19.7. The molecule has 10 nitrogen and oxygen atoms in total. The number of hydrogen-bond donors (Lipinski definition) is 2. The van der Waals surface area contributed by atoms with Gasteiger partial charge in [0.2, 0.25) is 0 Å². The van der Waals surface area contributed by atoms with Crippen molar-refractivity contribution in [3.63, 3.8) is 0 Å². The monoisotopic (exact) mass is 543 g/mol. The van der Waals surface area contributed by atoms with Crippen molar-refractivity contribution in [2.24, 2.45) is 10.2 Å². The van der Waals surface area contributed by atoms with E-state index in [2.05, 4.69) is 26.0 Å². The Morgan fingerprint density at radius 2 is 1.73 bits per heavy atom. The Balaban J connectivity index is 1.32. The number of ether oxygens (including phenoxy) is 4. The lowest BCUT2D eigenvalue weighted by atomic mass is 10.0. The van der Waals surface area contributed by atoms with Crippen LogP contribution in [0.2, 0.25) is 0 Å². The fraction of sp³-hybridized carbons (Fsp3) is 0.300. The maximum absolute atomic E-state index is 12.6. The summed E-state index contributed by atoms with van der Waals surface area (Å²) in [6, 6.07) is 21.1. The van der Waals surface area contributed by atoms with E-state index in [4.69, 9.17) is 18.9 Å². The average molecular weight is 544 g/mol. The number of rotatable bonds is 11. The Bertz CT molecular complexity index is 1390. The highest BCUT2D eigenvalue weighted by molar-refractivity contribution is 6.72. The zero-order chi connectivity index (χ0) is 27.7. The van der Waals surface area contributed by atoms with Crippen LogP contribution in [0.3, 0.4) is 0 Å². The fourth-order valence-electron chi connectivity index (χ4n) is 4.59. The summed E-state index contributed by atoms with van der Waals surface area (Å²) in [7, 11) is 3.12. The third kappa shape index (κ3) is 6.41. The summed E-state index contributed by atoms with van der Waals surface area (Å²) >= 11 is 0. The minimum atomic E-state index is -0.402. The highest BCUT2D eigenvalue weighted by atomic mass is 16.5. The molecule has 0 aromatic heterocycles. The van der Waals surface area contributed by atoms with Crippen molar-refractivity contribution < 1.29 is 23.7 Å². The maximum Gasteiger partial charge on any atom is 0.294 e. The first-order valence-electron chi connectivity index (χ1n) is 13.2. The summed E-state index contributed by atoms with van der Waals surface area (Å²) in [4.78, 5) is 15.0.